The zero-order valence-electron chi connectivity index (χ0n) is 13.3. The number of benzene rings is 2. The highest BCUT2D eigenvalue weighted by atomic mass is 35.5. The fraction of sp³-hybridized carbons (Fsp3) is 0.118. The Morgan fingerprint density at radius 1 is 1.24 bits per heavy atom. The molecule has 0 spiro atoms. The summed E-state index contributed by atoms with van der Waals surface area (Å²) in [6.07, 6.45) is 0. The fourth-order valence-corrected chi connectivity index (χ4v) is 2.62. The van der Waals surface area contributed by atoms with Crippen molar-refractivity contribution in [1.82, 2.24) is 14.8 Å². The predicted molar refractivity (Wildman–Crippen MR) is 99.5 cm³/mol. The molecule has 0 aliphatic heterocycles. The minimum Gasteiger partial charge on any atom is -0.497 e. The van der Waals surface area contributed by atoms with Gasteiger partial charge < -0.3 is 10.1 Å². The number of nitrogens with one attached hydrogen (secondary N) is 2. The smallest absolute Gasteiger partial charge is 0.244 e. The average molecular weight is 375 g/mol. The minimum atomic E-state index is -0.210. The Morgan fingerprint density at radius 2 is 1.92 bits per heavy atom. The molecule has 1 heterocycles. The lowest BCUT2D eigenvalue weighted by atomic mass is 10.2. The first kappa shape index (κ1) is 17.2. The molecule has 0 atom stereocenters. The molecular weight excluding hydrogens is 360 g/mol. The molecule has 2 aromatic carbocycles. The summed E-state index contributed by atoms with van der Waals surface area (Å²) in [4.78, 5) is 12.4. The summed E-state index contributed by atoms with van der Waals surface area (Å²) in [5, 5.41) is 10.4. The highest BCUT2D eigenvalue weighted by molar-refractivity contribution is 7.71. The largest absolute Gasteiger partial charge is 0.497 e. The average Bonchev–Trinajstić information content (AvgIpc) is 2.97. The number of H-pyrrole nitrogens is 1. The van der Waals surface area contributed by atoms with Crippen molar-refractivity contribution in [3.8, 4) is 17.1 Å². The van der Waals surface area contributed by atoms with Gasteiger partial charge in [0.25, 0.3) is 0 Å². The van der Waals surface area contributed by atoms with Crippen LogP contribution in [0.1, 0.15) is 0 Å². The number of ether oxygens (including phenoxy) is 1. The van der Waals surface area contributed by atoms with Crippen molar-refractivity contribution in [1.29, 1.82) is 0 Å². The Labute approximate surface area is 154 Å². The number of hydrogen-bond acceptors (Lipinski definition) is 4. The lowest BCUT2D eigenvalue weighted by Gasteiger charge is -2.09. The van der Waals surface area contributed by atoms with Crippen LogP contribution in [0.5, 0.6) is 5.75 Å². The summed E-state index contributed by atoms with van der Waals surface area (Å²) < 4.78 is 7.10. The number of methoxy groups -OCH3 is 1. The van der Waals surface area contributed by atoms with E-state index in [9.17, 15) is 4.79 Å². The number of nitrogens with zero attached hydrogens (tertiary/aromatic N) is 2. The van der Waals surface area contributed by atoms with Crippen LogP contribution in [0.4, 0.5) is 5.69 Å². The van der Waals surface area contributed by atoms with E-state index in [-0.39, 0.29) is 12.5 Å². The number of rotatable bonds is 5. The van der Waals surface area contributed by atoms with E-state index in [0.717, 1.165) is 11.3 Å². The standard InChI is InChI=1S/C17H15ClN4O2S/c1-24-14-8-6-13(7-9-14)19-15(23)10-22-16(20-21-17(22)25)11-2-4-12(18)5-3-11/h2-9H,10H2,1H3,(H,19,23)(H,21,25). The van der Waals surface area contributed by atoms with E-state index in [1.165, 1.54) is 0 Å². The van der Waals surface area contributed by atoms with Gasteiger partial charge in [0.15, 0.2) is 10.6 Å². The van der Waals surface area contributed by atoms with E-state index in [1.807, 2.05) is 12.1 Å². The molecule has 0 fully saturated rings. The molecule has 1 amide bonds. The van der Waals surface area contributed by atoms with Gasteiger partial charge in [-0.1, -0.05) is 11.6 Å². The molecule has 128 valence electrons. The Bertz CT molecular complexity index is 933. The van der Waals surface area contributed by atoms with Gasteiger partial charge >= 0.3 is 0 Å². The summed E-state index contributed by atoms with van der Waals surface area (Å²) >= 11 is 11.1. The van der Waals surface area contributed by atoms with Gasteiger partial charge in [-0.3, -0.25) is 14.5 Å². The number of aromatic amines is 1. The van der Waals surface area contributed by atoms with E-state index < -0.39 is 0 Å². The van der Waals surface area contributed by atoms with Crippen LogP contribution in [0.15, 0.2) is 48.5 Å². The second-order valence-electron chi connectivity index (χ2n) is 5.22. The van der Waals surface area contributed by atoms with Crippen LogP contribution in [0.3, 0.4) is 0 Å². The second-order valence-corrected chi connectivity index (χ2v) is 6.05. The topological polar surface area (TPSA) is 71.9 Å². The van der Waals surface area contributed by atoms with Crippen molar-refractivity contribution in [3.05, 3.63) is 58.3 Å². The molecule has 3 aromatic rings. The van der Waals surface area contributed by atoms with Gasteiger partial charge in [0.1, 0.15) is 12.3 Å². The van der Waals surface area contributed by atoms with E-state index in [2.05, 4.69) is 15.5 Å². The maximum absolute atomic E-state index is 12.4. The normalized spacial score (nSPS) is 10.5. The van der Waals surface area contributed by atoms with Crippen molar-refractivity contribution < 1.29 is 9.53 Å². The van der Waals surface area contributed by atoms with Gasteiger partial charge in [0.2, 0.25) is 5.91 Å². The van der Waals surface area contributed by atoms with Crippen LogP contribution in [-0.4, -0.2) is 27.8 Å². The van der Waals surface area contributed by atoms with Gasteiger partial charge in [-0.25, -0.2) is 0 Å². The molecule has 6 nitrogen and oxygen atoms in total. The monoisotopic (exact) mass is 374 g/mol. The van der Waals surface area contributed by atoms with Crippen LogP contribution in [0.2, 0.25) is 5.02 Å². The molecule has 0 saturated heterocycles. The van der Waals surface area contributed by atoms with Gasteiger partial charge in [-0.15, -0.1) is 0 Å². The zero-order valence-corrected chi connectivity index (χ0v) is 14.9. The van der Waals surface area contributed by atoms with E-state index >= 15 is 0 Å². The van der Waals surface area contributed by atoms with Gasteiger partial charge in [-0.2, -0.15) is 5.10 Å². The van der Waals surface area contributed by atoms with Gasteiger partial charge in [-0.05, 0) is 60.7 Å². The third-order valence-electron chi connectivity index (χ3n) is 3.54. The molecule has 0 aliphatic carbocycles. The Hall–Kier alpha value is -2.64. The van der Waals surface area contributed by atoms with Crippen LogP contribution in [0, 0.1) is 4.77 Å². The summed E-state index contributed by atoms with van der Waals surface area (Å²) in [6.45, 7) is 0.0410. The highest BCUT2D eigenvalue weighted by Gasteiger charge is 2.12. The molecule has 8 heteroatoms. The van der Waals surface area contributed by atoms with E-state index in [1.54, 1.807) is 48.1 Å². The summed E-state index contributed by atoms with van der Waals surface area (Å²) in [6, 6.07) is 14.3. The molecule has 1 aromatic heterocycles. The quantitative estimate of drug-likeness (QED) is 0.664. The number of anilines is 1. The molecule has 0 aliphatic rings. The predicted octanol–water partition coefficient (Wildman–Crippen LogP) is 3.91. The van der Waals surface area contributed by atoms with Crippen molar-refractivity contribution in [2.75, 3.05) is 12.4 Å². The summed E-state index contributed by atoms with van der Waals surface area (Å²) in [7, 11) is 1.59. The first-order valence-corrected chi connectivity index (χ1v) is 8.20. The number of halogens is 1. The third-order valence-corrected chi connectivity index (χ3v) is 4.10. The number of amides is 1. The molecule has 0 unspecified atom stereocenters. The summed E-state index contributed by atoms with van der Waals surface area (Å²) in [5.41, 5.74) is 1.49. The van der Waals surface area contributed by atoms with Crippen molar-refractivity contribution in [2.24, 2.45) is 0 Å². The van der Waals surface area contributed by atoms with Crippen LogP contribution in [0.25, 0.3) is 11.4 Å². The highest BCUT2D eigenvalue weighted by Crippen LogP contribution is 2.20. The Balaban J connectivity index is 1.78. The van der Waals surface area contributed by atoms with Crippen LogP contribution < -0.4 is 10.1 Å². The lowest BCUT2D eigenvalue weighted by Crippen LogP contribution is -2.19. The second kappa shape index (κ2) is 7.50. The molecule has 3 rings (SSSR count). The Kier molecular flexibility index (Phi) is 5.16. The first-order valence-electron chi connectivity index (χ1n) is 7.42. The number of carbonyl (C=O) groups is 1. The number of aromatic nitrogens is 3. The van der Waals surface area contributed by atoms with E-state index in [4.69, 9.17) is 28.6 Å². The number of carbonyl (C=O) groups excluding carboxylic acids is 1. The Morgan fingerprint density at radius 3 is 2.56 bits per heavy atom. The molecule has 25 heavy (non-hydrogen) atoms. The maximum Gasteiger partial charge on any atom is 0.244 e. The molecule has 0 bridgehead atoms. The third kappa shape index (κ3) is 4.07. The molecule has 2 N–H and O–H groups in total. The van der Waals surface area contributed by atoms with E-state index in [0.29, 0.717) is 21.3 Å². The van der Waals surface area contributed by atoms with Crippen molar-refractivity contribution in [3.63, 3.8) is 0 Å². The fourth-order valence-electron chi connectivity index (χ4n) is 2.30. The minimum absolute atomic E-state index is 0.0410. The first-order chi connectivity index (χ1) is 12.1. The summed E-state index contributed by atoms with van der Waals surface area (Å²) in [5.74, 6) is 1.09. The zero-order chi connectivity index (χ0) is 17.8. The molecular formula is C17H15ClN4O2S. The van der Waals surface area contributed by atoms with Gasteiger partial charge in [0.05, 0.1) is 7.11 Å². The maximum atomic E-state index is 12.4. The lowest BCUT2D eigenvalue weighted by molar-refractivity contribution is -0.116. The molecule has 0 radical (unpaired) electrons. The van der Waals surface area contributed by atoms with Crippen LogP contribution >= 0.6 is 23.8 Å². The van der Waals surface area contributed by atoms with Crippen LogP contribution in [-0.2, 0) is 11.3 Å². The number of hydrogen-bond donors (Lipinski definition) is 2. The van der Waals surface area contributed by atoms with Crippen molar-refractivity contribution in [2.45, 2.75) is 6.54 Å². The van der Waals surface area contributed by atoms with Crippen molar-refractivity contribution >= 4 is 35.4 Å². The SMILES string of the molecule is COc1ccc(NC(=O)Cn2c(-c3ccc(Cl)cc3)n[nH]c2=S)cc1. The molecule has 0 saturated carbocycles. The van der Waals surface area contributed by atoms with Gasteiger partial charge in [0, 0.05) is 16.3 Å².